The smallest absolute Gasteiger partial charge is 0.255 e. The number of methoxy groups -OCH3 is 1. The molecule has 3 aromatic carbocycles. The zero-order valence-corrected chi connectivity index (χ0v) is 20.1. The van der Waals surface area contributed by atoms with Gasteiger partial charge in [0.2, 0.25) is 0 Å². The fourth-order valence-electron chi connectivity index (χ4n) is 4.89. The van der Waals surface area contributed by atoms with E-state index >= 15 is 0 Å². The average Bonchev–Trinajstić information content (AvgIpc) is 3.41. The van der Waals surface area contributed by atoms with E-state index in [2.05, 4.69) is 50.5 Å². The predicted octanol–water partition coefficient (Wildman–Crippen LogP) is 6.17. The maximum atomic E-state index is 14.1. The van der Waals surface area contributed by atoms with E-state index in [4.69, 9.17) is 9.72 Å². The number of benzene rings is 3. The number of aromatic amines is 1. The van der Waals surface area contributed by atoms with Crippen LogP contribution in [0.1, 0.15) is 40.7 Å². The van der Waals surface area contributed by atoms with E-state index in [-0.39, 0.29) is 5.91 Å². The van der Waals surface area contributed by atoms with Crippen molar-refractivity contribution in [3.05, 3.63) is 95.3 Å². The van der Waals surface area contributed by atoms with Gasteiger partial charge in [0, 0.05) is 24.6 Å². The molecule has 1 saturated heterocycles. The first-order valence-corrected chi connectivity index (χ1v) is 11.5. The summed E-state index contributed by atoms with van der Waals surface area (Å²) in [7, 11) is 1.65. The summed E-state index contributed by atoms with van der Waals surface area (Å²) < 4.78 is 5.36. The number of aryl methyl sites for hydroxylation is 2. The molecule has 1 amide bonds. The molecule has 5 heteroatoms. The number of likely N-dealkylation sites (tertiary alicyclic amines) is 1. The van der Waals surface area contributed by atoms with Gasteiger partial charge in [0.05, 0.1) is 18.1 Å². The summed E-state index contributed by atoms with van der Waals surface area (Å²) in [6, 6.07) is 19.9. The highest BCUT2D eigenvalue weighted by Gasteiger charge is 2.45. The number of hydrogen-bond donors (Lipinski definition) is 1. The summed E-state index contributed by atoms with van der Waals surface area (Å²) >= 11 is 0. The number of hydrogen-bond acceptors (Lipinski definition) is 3. The average molecular weight is 452 g/mol. The summed E-state index contributed by atoms with van der Waals surface area (Å²) in [5, 5.41) is 0. The molecule has 0 spiro atoms. The van der Waals surface area contributed by atoms with Gasteiger partial charge in [0.1, 0.15) is 17.1 Å². The number of ether oxygens (including phenoxy) is 1. The molecule has 5 nitrogen and oxygen atoms in total. The summed E-state index contributed by atoms with van der Waals surface area (Å²) in [4.78, 5) is 24.3. The fraction of sp³-hybridized carbons (Fsp3) is 0.241. The van der Waals surface area contributed by atoms with Crippen LogP contribution in [0.3, 0.4) is 0 Å². The lowest BCUT2D eigenvalue weighted by atomic mass is 9.93. The lowest BCUT2D eigenvalue weighted by molar-refractivity contribution is 0.0607. The van der Waals surface area contributed by atoms with Gasteiger partial charge in [-0.25, -0.2) is 4.98 Å². The van der Waals surface area contributed by atoms with Gasteiger partial charge in [-0.1, -0.05) is 48.6 Å². The van der Waals surface area contributed by atoms with Crippen LogP contribution >= 0.6 is 0 Å². The van der Waals surface area contributed by atoms with Crippen molar-refractivity contribution in [2.45, 2.75) is 32.7 Å². The molecule has 1 aromatic heterocycles. The summed E-state index contributed by atoms with van der Waals surface area (Å²) in [5.74, 6) is 1.50. The number of aromatic nitrogens is 2. The van der Waals surface area contributed by atoms with Gasteiger partial charge in [-0.3, -0.25) is 4.79 Å². The second-order valence-electron chi connectivity index (χ2n) is 9.41. The second-order valence-corrected chi connectivity index (χ2v) is 9.41. The minimum Gasteiger partial charge on any atom is -0.497 e. The Morgan fingerprint density at radius 3 is 2.65 bits per heavy atom. The molecule has 4 aromatic rings. The van der Waals surface area contributed by atoms with Gasteiger partial charge in [-0.15, -0.1) is 0 Å². The van der Waals surface area contributed by atoms with E-state index in [1.54, 1.807) is 7.11 Å². The van der Waals surface area contributed by atoms with Crippen molar-refractivity contribution in [2.24, 2.45) is 0 Å². The molecule has 172 valence electrons. The van der Waals surface area contributed by atoms with Gasteiger partial charge < -0.3 is 14.6 Å². The lowest BCUT2D eigenvalue weighted by Gasteiger charge is -2.33. The Bertz CT molecular complexity index is 1430. The molecular formula is C29H29N3O2. The van der Waals surface area contributed by atoms with Crippen molar-refractivity contribution in [2.75, 3.05) is 13.7 Å². The number of nitrogens with one attached hydrogen (secondary N) is 1. The third-order valence-electron chi connectivity index (χ3n) is 6.99. The van der Waals surface area contributed by atoms with Crippen molar-refractivity contribution in [1.29, 1.82) is 0 Å². The van der Waals surface area contributed by atoms with E-state index in [0.717, 1.165) is 39.3 Å². The number of rotatable bonds is 4. The third-order valence-corrected chi connectivity index (χ3v) is 6.99. The Balaban J connectivity index is 1.58. The van der Waals surface area contributed by atoms with Gasteiger partial charge in [0.15, 0.2) is 0 Å². The molecular weight excluding hydrogens is 422 g/mol. The van der Waals surface area contributed by atoms with E-state index in [0.29, 0.717) is 18.5 Å². The molecule has 34 heavy (non-hydrogen) atoms. The highest BCUT2D eigenvalue weighted by Crippen LogP contribution is 2.42. The first kappa shape index (κ1) is 22.0. The number of fused-ring (bicyclic) bond motifs is 1. The number of amides is 1. The Hall–Kier alpha value is -3.86. The van der Waals surface area contributed by atoms with E-state index in [1.165, 1.54) is 11.1 Å². The van der Waals surface area contributed by atoms with Gasteiger partial charge in [-0.05, 0) is 61.2 Å². The molecule has 1 unspecified atom stereocenters. The van der Waals surface area contributed by atoms with Crippen molar-refractivity contribution in [3.8, 4) is 16.9 Å². The SMILES string of the molecule is C=C1CN(C(=O)c2ccccc2-c2ccc(C)c(C)c2)C(C)(c2nc3ccc(OC)cc3[nH]2)C1. The molecule has 2 heterocycles. The van der Waals surface area contributed by atoms with Crippen LogP contribution in [0, 0.1) is 13.8 Å². The van der Waals surface area contributed by atoms with E-state index in [9.17, 15) is 4.79 Å². The zero-order chi connectivity index (χ0) is 24.0. The van der Waals surface area contributed by atoms with Crippen LogP contribution < -0.4 is 4.74 Å². The molecule has 0 saturated carbocycles. The zero-order valence-electron chi connectivity index (χ0n) is 20.1. The summed E-state index contributed by atoms with van der Waals surface area (Å²) in [6.07, 6.45) is 0.654. The fourth-order valence-corrected chi connectivity index (χ4v) is 4.89. The molecule has 1 aliphatic rings. The van der Waals surface area contributed by atoms with Crippen LogP contribution in [-0.4, -0.2) is 34.4 Å². The molecule has 0 radical (unpaired) electrons. The van der Waals surface area contributed by atoms with Crippen LogP contribution in [0.5, 0.6) is 5.75 Å². The molecule has 1 fully saturated rings. The Morgan fingerprint density at radius 1 is 1.09 bits per heavy atom. The molecule has 0 aliphatic carbocycles. The van der Waals surface area contributed by atoms with E-state index < -0.39 is 5.54 Å². The Kier molecular flexibility index (Phi) is 5.28. The first-order chi connectivity index (χ1) is 16.3. The molecule has 1 aliphatic heterocycles. The topological polar surface area (TPSA) is 58.2 Å². The van der Waals surface area contributed by atoms with E-state index in [1.807, 2.05) is 47.4 Å². The van der Waals surface area contributed by atoms with Crippen LogP contribution in [0.2, 0.25) is 0 Å². The quantitative estimate of drug-likeness (QED) is 0.377. The lowest BCUT2D eigenvalue weighted by Crippen LogP contribution is -2.43. The van der Waals surface area contributed by atoms with Gasteiger partial charge in [0.25, 0.3) is 5.91 Å². The third kappa shape index (κ3) is 3.58. The first-order valence-electron chi connectivity index (χ1n) is 11.5. The monoisotopic (exact) mass is 451 g/mol. The standard InChI is InChI=1S/C29H29N3O2/c1-18-16-29(4,28-30-25-13-12-22(34-5)15-26(25)31-28)32(17-18)27(33)24-9-7-6-8-23(24)21-11-10-19(2)20(3)14-21/h6-15H,1,16-17H2,2-5H3,(H,30,31). The summed E-state index contributed by atoms with van der Waals surface area (Å²) in [6.45, 7) is 11.0. The maximum Gasteiger partial charge on any atom is 0.255 e. The molecule has 0 bridgehead atoms. The molecule has 1 atom stereocenters. The summed E-state index contributed by atoms with van der Waals surface area (Å²) in [5.41, 5.74) is 7.22. The minimum absolute atomic E-state index is 0.0204. The van der Waals surface area contributed by atoms with Crippen LogP contribution in [0.4, 0.5) is 0 Å². The van der Waals surface area contributed by atoms with Crippen LogP contribution in [0.15, 0.2) is 72.8 Å². The highest BCUT2D eigenvalue weighted by molar-refractivity contribution is 6.01. The number of H-pyrrole nitrogens is 1. The molecule has 1 N–H and O–H groups in total. The number of carbonyl (C=O) groups excluding carboxylic acids is 1. The Labute approximate surface area is 200 Å². The van der Waals surface area contributed by atoms with Gasteiger partial charge in [-0.2, -0.15) is 0 Å². The second kappa shape index (κ2) is 8.17. The minimum atomic E-state index is -0.628. The van der Waals surface area contributed by atoms with Crippen molar-refractivity contribution in [3.63, 3.8) is 0 Å². The largest absolute Gasteiger partial charge is 0.497 e. The number of nitrogens with zero attached hydrogens (tertiary/aromatic N) is 2. The Morgan fingerprint density at radius 2 is 1.88 bits per heavy atom. The van der Waals surface area contributed by atoms with Crippen molar-refractivity contribution >= 4 is 16.9 Å². The van der Waals surface area contributed by atoms with Crippen LogP contribution in [0.25, 0.3) is 22.2 Å². The highest BCUT2D eigenvalue weighted by atomic mass is 16.5. The number of carbonyl (C=O) groups is 1. The predicted molar refractivity (Wildman–Crippen MR) is 136 cm³/mol. The van der Waals surface area contributed by atoms with Crippen molar-refractivity contribution in [1.82, 2.24) is 14.9 Å². The normalized spacial score (nSPS) is 18.0. The maximum absolute atomic E-state index is 14.1. The van der Waals surface area contributed by atoms with Crippen LogP contribution in [-0.2, 0) is 5.54 Å². The van der Waals surface area contributed by atoms with Crippen molar-refractivity contribution < 1.29 is 9.53 Å². The molecule has 5 rings (SSSR count). The number of imidazole rings is 1. The van der Waals surface area contributed by atoms with Gasteiger partial charge >= 0.3 is 0 Å².